The molecule has 1 aromatic rings. The molecule has 3 nitrogen and oxygen atoms in total. The molecule has 3 unspecified atom stereocenters. The van der Waals surface area contributed by atoms with Crippen LogP contribution in [0.25, 0.3) is 0 Å². The summed E-state index contributed by atoms with van der Waals surface area (Å²) in [6.45, 7) is 6.28. The van der Waals surface area contributed by atoms with E-state index in [9.17, 15) is 0 Å². The lowest BCUT2D eigenvalue weighted by Crippen LogP contribution is -2.35. The fraction of sp³-hybridized carbons (Fsp3) is 0.625. The Hall–Kier alpha value is -0.770. The fourth-order valence-corrected chi connectivity index (χ4v) is 2.90. The maximum absolute atomic E-state index is 6.34. The molecule has 1 aliphatic rings. The van der Waals surface area contributed by atoms with Gasteiger partial charge < -0.3 is 14.8 Å². The van der Waals surface area contributed by atoms with Crippen molar-refractivity contribution >= 4 is 11.6 Å². The molecule has 0 spiro atoms. The van der Waals surface area contributed by atoms with Gasteiger partial charge in [0.1, 0.15) is 11.9 Å². The number of nitrogens with one attached hydrogen (secondary N) is 1. The van der Waals surface area contributed by atoms with E-state index in [-0.39, 0.29) is 24.4 Å². The van der Waals surface area contributed by atoms with Crippen LogP contribution < -0.4 is 10.1 Å². The molecule has 0 aliphatic carbocycles. The molecule has 0 amide bonds. The third-order valence-electron chi connectivity index (χ3n) is 3.84. The molecule has 0 aromatic heterocycles. The quantitative estimate of drug-likeness (QED) is 0.912. The van der Waals surface area contributed by atoms with Gasteiger partial charge in [0.2, 0.25) is 0 Å². The molecular weight excluding hydrogens is 274 g/mol. The van der Waals surface area contributed by atoms with Gasteiger partial charge in [-0.25, -0.2) is 0 Å². The molecule has 4 heteroatoms. The Balaban J connectivity index is 2.06. The summed E-state index contributed by atoms with van der Waals surface area (Å²) in [5.74, 6) is 0.769. The third kappa shape index (κ3) is 3.87. The third-order valence-corrected chi connectivity index (χ3v) is 4.13. The van der Waals surface area contributed by atoms with Crippen molar-refractivity contribution in [3.8, 4) is 5.75 Å². The van der Waals surface area contributed by atoms with Gasteiger partial charge in [-0.3, -0.25) is 0 Å². The molecule has 1 N–H and O–H groups in total. The highest BCUT2D eigenvalue weighted by atomic mass is 35.5. The molecule has 112 valence electrons. The predicted octanol–water partition coefficient (Wildman–Crippen LogP) is 3.96. The first-order valence-electron chi connectivity index (χ1n) is 7.28. The van der Waals surface area contributed by atoms with E-state index in [0.29, 0.717) is 5.02 Å². The highest BCUT2D eigenvalue weighted by molar-refractivity contribution is 6.32. The van der Waals surface area contributed by atoms with Crippen LogP contribution in [0.1, 0.15) is 45.2 Å². The number of hydrogen-bond donors (Lipinski definition) is 1. The van der Waals surface area contributed by atoms with Crippen LogP contribution in [-0.2, 0) is 4.74 Å². The van der Waals surface area contributed by atoms with Crippen molar-refractivity contribution in [1.82, 2.24) is 5.32 Å². The van der Waals surface area contributed by atoms with E-state index >= 15 is 0 Å². The number of benzene rings is 1. The summed E-state index contributed by atoms with van der Waals surface area (Å²) in [7, 11) is 1.94. The smallest absolute Gasteiger partial charge is 0.138 e. The van der Waals surface area contributed by atoms with Gasteiger partial charge in [0.05, 0.1) is 17.2 Å². The molecule has 0 saturated carbocycles. The van der Waals surface area contributed by atoms with Crippen LogP contribution in [0.3, 0.4) is 0 Å². The fourth-order valence-electron chi connectivity index (χ4n) is 2.67. The predicted molar refractivity (Wildman–Crippen MR) is 82.6 cm³/mol. The summed E-state index contributed by atoms with van der Waals surface area (Å²) >= 11 is 6.34. The van der Waals surface area contributed by atoms with Gasteiger partial charge in [-0.05, 0) is 45.5 Å². The SMILES string of the molecule is CNC(C)c1ccc(OC2CC(C)OC(C)C2)c(Cl)c1. The van der Waals surface area contributed by atoms with E-state index in [4.69, 9.17) is 21.1 Å². The van der Waals surface area contributed by atoms with Crippen molar-refractivity contribution in [2.45, 2.75) is 58.0 Å². The Labute approximate surface area is 126 Å². The van der Waals surface area contributed by atoms with Crippen molar-refractivity contribution in [1.29, 1.82) is 0 Å². The summed E-state index contributed by atoms with van der Waals surface area (Å²) in [5.41, 5.74) is 1.17. The number of halogens is 1. The largest absolute Gasteiger partial charge is 0.489 e. The molecule has 20 heavy (non-hydrogen) atoms. The van der Waals surface area contributed by atoms with Gasteiger partial charge in [-0.2, -0.15) is 0 Å². The molecule has 1 heterocycles. The Bertz CT molecular complexity index is 442. The molecule has 0 radical (unpaired) electrons. The van der Waals surface area contributed by atoms with Crippen LogP contribution in [0.4, 0.5) is 0 Å². The Morgan fingerprint density at radius 3 is 2.50 bits per heavy atom. The van der Waals surface area contributed by atoms with Crippen molar-refractivity contribution in [3.63, 3.8) is 0 Å². The minimum atomic E-state index is 0.179. The molecule has 2 rings (SSSR count). The standard InChI is InChI=1S/C16H24ClNO2/c1-10-7-14(8-11(2)19-10)20-16-6-5-13(9-15(16)17)12(3)18-4/h5-6,9-12,14,18H,7-8H2,1-4H3. The zero-order valence-electron chi connectivity index (χ0n) is 12.7. The van der Waals surface area contributed by atoms with Gasteiger partial charge in [0.25, 0.3) is 0 Å². The molecule has 1 aromatic carbocycles. The lowest BCUT2D eigenvalue weighted by molar-refractivity contribution is -0.0721. The van der Waals surface area contributed by atoms with Crippen molar-refractivity contribution in [2.24, 2.45) is 0 Å². The summed E-state index contributed by atoms with van der Waals surface area (Å²) in [4.78, 5) is 0. The van der Waals surface area contributed by atoms with E-state index < -0.39 is 0 Å². The normalized spacial score (nSPS) is 28.1. The van der Waals surface area contributed by atoms with Crippen molar-refractivity contribution < 1.29 is 9.47 Å². The van der Waals surface area contributed by atoms with Crippen LogP contribution in [0.2, 0.25) is 5.02 Å². The van der Waals surface area contributed by atoms with E-state index in [1.54, 1.807) is 0 Å². The van der Waals surface area contributed by atoms with Gasteiger partial charge >= 0.3 is 0 Å². The first-order chi connectivity index (χ1) is 9.49. The van der Waals surface area contributed by atoms with Crippen LogP contribution in [0.5, 0.6) is 5.75 Å². The minimum absolute atomic E-state index is 0.179. The Morgan fingerprint density at radius 1 is 1.30 bits per heavy atom. The number of ether oxygens (including phenoxy) is 2. The first-order valence-corrected chi connectivity index (χ1v) is 7.66. The van der Waals surface area contributed by atoms with Crippen molar-refractivity contribution in [2.75, 3.05) is 7.05 Å². The molecule has 0 bridgehead atoms. The molecule has 1 fully saturated rings. The second kappa shape index (κ2) is 6.79. The van der Waals surface area contributed by atoms with E-state index in [2.05, 4.69) is 32.2 Å². The Kier molecular flexibility index (Phi) is 5.30. The highest BCUT2D eigenvalue weighted by Gasteiger charge is 2.26. The van der Waals surface area contributed by atoms with Crippen molar-refractivity contribution in [3.05, 3.63) is 28.8 Å². The van der Waals surface area contributed by atoms with Crippen LogP contribution in [0.15, 0.2) is 18.2 Å². The van der Waals surface area contributed by atoms with Gasteiger partial charge in [-0.15, -0.1) is 0 Å². The second-order valence-electron chi connectivity index (χ2n) is 5.67. The highest BCUT2D eigenvalue weighted by Crippen LogP contribution is 2.31. The lowest BCUT2D eigenvalue weighted by atomic mass is 10.0. The minimum Gasteiger partial charge on any atom is -0.489 e. The molecular formula is C16H24ClNO2. The van der Waals surface area contributed by atoms with Crippen LogP contribution in [-0.4, -0.2) is 25.4 Å². The summed E-state index contributed by atoms with van der Waals surface area (Å²) in [6.07, 6.45) is 2.49. The van der Waals surface area contributed by atoms with E-state index in [1.807, 2.05) is 19.2 Å². The second-order valence-corrected chi connectivity index (χ2v) is 6.08. The molecule has 1 aliphatic heterocycles. The number of rotatable bonds is 4. The van der Waals surface area contributed by atoms with Gasteiger partial charge in [0, 0.05) is 18.9 Å². The topological polar surface area (TPSA) is 30.5 Å². The summed E-state index contributed by atoms with van der Waals surface area (Å²) < 4.78 is 11.8. The molecule has 3 atom stereocenters. The molecule has 1 saturated heterocycles. The maximum Gasteiger partial charge on any atom is 0.138 e. The van der Waals surface area contributed by atoms with Gasteiger partial charge in [-0.1, -0.05) is 17.7 Å². The zero-order valence-corrected chi connectivity index (χ0v) is 13.4. The van der Waals surface area contributed by atoms with Gasteiger partial charge in [0.15, 0.2) is 0 Å². The summed E-state index contributed by atoms with van der Waals surface area (Å²) in [5, 5.41) is 3.88. The average Bonchev–Trinajstić information content (AvgIpc) is 2.39. The van der Waals surface area contributed by atoms with Crippen LogP contribution >= 0.6 is 11.6 Å². The van der Waals surface area contributed by atoms with Crippen LogP contribution in [0, 0.1) is 0 Å². The lowest BCUT2D eigenvalue weighted by Gasteiger charge is -2.32. The Morgan fingerprint density at radius 2 is 1.95 bits per heavy atom. The first kappa shape index (κ1) is 15.6. The summed E-state index contributed by atoms with van der Waals surface area (Å²) in [6, 6.07) is 6.29. The zero-order chi connectivity index (χ0) is 14.7. The monoisotopic (exact) mass is 297 g/mol. The van der Waals surface area contributed by atoms with E-state index in [0.717, 1.165) is 18.6 Å². The number of hydrogen-bond acceptors (Lipinski definition) is 3. The average molecular weight is 298 g/mol. The maximum atomic E-state index is 6.34. The van der Waals surface area contributed by atoms with E-state index in [1.165, 1.54) is 5.56 Å².